The van der Waals surface area contributed by atoms with E-state index >= 15 is 0 Å². The van der Waals surface area contributed by atoms with Gasteiger partial charge in [-0.2, -0.15) is 0 Å². The lowest BCUT2D eigenvalue weighted by Crippen LogP contribution is -2.14. The summed E-state index contributed by atoms with van der Waals surface area (Å²) < 4.78 is 6.13. The average molecular weight is 717 g/mol. The first-order valence-corrected chi connectivity index (χ1v) is 19.2. The van der Waals surface area contributed by atoms with Gasteiger partial charge in [-0.25, -0.2) is 9.97 Å². The second-order valence-electron chi connectivity index (χ2n) is 15.4. The Balaban J connectivity index is 1.04. The van der Waals surface area contributed by atoms with E-state index in [4.69, 9.17) is 14.4 Å². The topological polar surface area (TPSA) is 38.9 Å². The second-order valence-corrected chi connectivity index (χ2v) is 15.4. The van der Waals surface area contributed by atoms with Crippen LogP contribution in [0.5, 0.6) is 0 Å². The van der Waals surface area contributed by atoms with Gasteiger partial charge < -0.3 is 4.42 Å². The molecule has 0 unspecified atom stereocenters. The molecule has 0 atom stereocenters. The summed E-state index contributed by atoms with van der Waals surface area (Å²) in [5, 5.41) is 4.78. The summed E-state index contributed by atoms with van der Waals surface area (Å²) in [4.78, 5) is 10.4. The van der Waals surface area contributed by atoms with Crippen molar-refractivity contribution in [2.24, 2.45) is 0 Å². The Kier molecular flexibility index (Phi) is 7.20. The minimum absolute atomic E-state index is 0.110. The molecule has 0 aliphatic heterocycles. The molecule has 0 fully saturated rings. The van der Waals surface area contributed by atoms with Crippen molar-refractivity contribution in [3.8, 4) is 67.3 Å². The number of fused-ring (bicyclic) bond motifs is 7. The van der Waals surface area contributed by atoms with Crippen molar-refractivity contribution < 1.29 is 4.42 Å². The standard InChI is InChI=1S/C53H36N2O/c1-53(2)45-23-12-22-41(51(45)44-30-35-15-6-7-16-36(35)31-46(44)53)38-18-11-20-40(28-38)48-32-47(54-52(55-48)33-13-4-3-5-14-33)39-19-10-17-34(27-39)37-25-26-50-43(29-37)42-21-8-9-24-49(42)56-50/h3-32H,1-2H3. The zero-order valence-electron chi connectivity index (χ0n) is 31.1. The van der Waals surface area contributed by atoms with Crippen LogP contribution in [0.1, 0.15) is 25.0 Å². The molecule has 0 saturated carbocycles. The highest BCUT2D eigenvalue weighted by atomic mass is 16.3. The van der Waals surface area contributed by atoms with Crippen LogP contribution >= 0.6 is 0 Å². The molecule has 0 radical (unpaired) electrons. The maximum atomic E-state index is 6.13. The number of aromatic nitrogens is 2. The van der Waals surface area contributed by atoms with Crippen molar-refractivity contribution in [1.29, 1.82) is 0 Å². The van der Waals surface area contributed by atoms with Gasteiger partial charge in [-0.05, 0) is 104 Å². The summed E-state index contributed by atoms with van der Waals surface area (Å²) >= 11 is 0. The molecule has 0 saturated heterocycles. The van der Waals surface area contributed by atoms with Crippen LogP contribution in [0, 0.1) is 0 Å². The molecule has 56 heavy (non-hydrogen) atoms. The van der Waals surface area contributed by atoms with Crippen molar-refractivity contribution >= 4 is 32.7 Å². The van der Waals surface area contributed by atoms with Gasteiger partial charge in [0.1, 0.15) is 11.2 Å². The molecule has 0 spiro atoms. The van der Waals surface area contributed by atoms with Crippen molar-refractivity contribution in [3.63, 3.8) is 0 Å². The average Bonchev–Trinajstić information content (AvgIpc) is 3.74. The van der Waals surface area contributed by atoms with Gasteiger partial charge in [0.25, 0.3) is 0 Å². The monoisotopic (exact) mass is 716 g/mol. The number of furan rings is 1. The fourth-order valence-corrected chi connectivity index (χ4v) is 8.78. The molecule has 2 aromatic heterocycles. The second kappa shape index (κ2) is 12.5. The van der Waals surface area contributed by atoms with Crippen LogP contribution in [0.15, 0.2) is 186 Å². The Hall–Kier alpha value is -7.10. The minimum atomic E-state index is -0.110. The van der Waals surface area contributed by atoms with Crippen molar-refractivity contribution in [2.45, 2.75) is 19.3 Å². The van der Waals surface area contributed by atoms with E-state index in [1.165, 1.54) is 44.2 Å². The van der Waals surface area contributed by atoms with Gasteiger partial charge in [0.15, 0.2) is 5.82 Å². The minimum Gasteiger partial charge on any atom is -0.456 e. The highest BCUT2D eigenvalue weighted by molar-refractivity contribution is 6.06. The molecule has 11 rings (SSSR count). The molecular formula is C53H36N2O. The van der Waals surface area contributed by atoms with Gasteiger partial charge in [0.2, 0.25) is 0 Å². The number of benzene rings is 8. The summed E-state index contributed by atoms with van der Waals surface area (Å²) in [6.07, 6.45) is 0. The van der Waals surface area contributed by atoms with E-state index in [-0.39, 0.29) is 5.41 Å². The summed E-state index contributed by atoms with van der Waals surface area (Å²) in [6.45, 7) is 4.71. The highest BCUT2D eigenvalue weighted by Gasteiger charge is 2.37. The lowest BCUT2D eigenvalue weighted by molar-refractivity contribution is 0.661. The number of rotatable bonds is 5. The zero-order valence-corrected chi connectivity index (χ0v) is 31.1. The molecule has 10 aromatic rings. The van der Waals surface area contributed by atoms with Gasteiger partial charge in [-0.15, -0.1) is 0 Å². The normalized spacial score (nSPS) is 13.0. The van der Waals surface area contributed by atoms with E-state index in [0.717, 1.165) is 61.1 Å². The van der Waals surface area contributed by atoms with Crippen molar-refractivity contribution in [3.05, 3.63) is 193 Å². The largest absolute Gasteiger partial charge is 0.456 e. The number of para-hydroxylation sites is 1. The Morgan fingerprint density at radius 3 is 1.80 bits per heavy atom. The number of hydrogen-bond acceptors (Lipinski definition) is 3. The van der Waals surface area contributed by atoms with E-state index in [0.29, 0.717) is 5.82 Å². The van der Waals surface area contributed by atoms with Gasteiger partial charge in [0.05, 0.1) is 11.4 Å². The third-order valence-corrected chi connectivity index (χ3v) is 11.7. The molecule has 8 aromatic carbocycles. The molecule has 3 heteroatoms. The van der Waals surface area contributed by atoms with Crippen LogP contribution in [0.4, 0.5) is 0 Å². The Labute approximate surface area is 325 Å². The maximum Gasteiger partial charge on any atom is 0.160 e. The Morgan fingerprint density at radius 2 is 1.00 bits per heavy atom. The lowest BCUT2D eigenvalue weighted by atomic mass is 9.81. The maximum absolute atomic E-state index is 6.13. The summed E-state index contributed by atoms with van der Waals surface area (Å²) in [5.74, 6) is 0.698. The van der Waals surface area contributed by atoms with Gasteiger partial charge in [-0.1, -0.05) is 147 Å². The molecule has 1 aliphatic rings. The lowest BCUT2D eigenvalue weighted by Gasteiger charge is -2.22. The van der Waals surface area contributed by atoms with Crippen LogP contribution in [-0.2, 0) is 5.41 Å². The molecule has 0 bridgehead atoms. The summed E-state index contributed by atoms with van der Waals surface area (Å²) in [7, 11) is 0. The quantitative estimate of drug-likeness (QED) is 0.178. The Morgan fingerprint density at radius 1 is 0.393 bits per heavy atom. The summed E-state index contributed by atoms with van der Waals surface area (Å²) in [5.41, 5.74) is 16.5. The van der Waals surface area contributed by atoms with E-state index in [2.05, 4.69) is 166 Å². The molecule has 0 N–H and O–H groups in total. The van der Waals surface area contributed by atoms with Crippen LogP contribution in [-0.4, -0.2) is 9.97 Å². The van der Waals surface area contributed by atoms with Gasteiger partial charge in [0, 0.05) is 32.9 Å². The zero-order chi connectivity index (χ0) is 37.4. The first-order chi connectivity index (χ1) is 27.5. The van der Waals surface area contributed by atoms with Crippen molar-refractivity contribution in [1.82, 2.24) is 9.97 Å². The third kappa shape index (κ3) is 5.20. The van der Waals surface area contributed by atoms with Crippen LogP contribution < -0.4 is 0 Å². The first-order valence-electron chi connectivity index (χ1n) is 19.2. The predicted octanol–water partition coefficient (Wildman–Crippen LogP) is 14.2. The molecule has 3 nitrogen and oxygen atoms in total. The molecular weight excluding hydrogens is 681 g/mol. The van der Waals surface area contributed by atoms with E-state index < -0.39 is 0 Å². The highest BCUT2D eigenvalue weighted by Crippen LogP contribution is 2.53. The number of hydrogen-bond donors (Lipinski definition) is 0. The molecule has 2 heterocycles. The Bertz CT molecular complexity index is 3170. The molecule has 264 valence electrons. The number of nitrogens with zero attached hydrogens (tertiary/aromatic N) is 2. The third-order valence-electron chi connectivity index (χ3n) is 11.7. The first kappa shape index (κ1) is 32.3. The summed E-state index contributed by atoms with van der Waals surface area (Å²) in [6, 6.07) is 64.8. The van der Waals surface area contributed by atoms with E-state index in [1.54, 1.807) is 0 Å². The van der Waals surface area contributed by atoms with Crippen molar-refractivity contribution in [2.75, 3.05) is 0 Å². The van der Waals surface area contributed by atoms with Gasteiger partial charge >= 0.3 is 0 Å². The smallest absolute Gasteiger partial charge is 0.160 e. The fourth-order valence-electron chi connectivity index (χ4n) is 8.78. The van der Waals surface area contributed by atoms with Crippen LogP contribution in [0.25, 0.3) is 100.0 Å². The van der Waals surface area contributed by atoms with Crippen LogP contribution in [0.3, 0.4) is 0 Å². The molecule has 0 amide bonds. The van der Waals surface area contributed by atoms with E-state index in [9.17, 15) is 0 Å². The van der Waals surface area contributed by atoms with Crippen LogP contribution in [0.2, 0.25) is 0 Å². The predicted molar refractivity (Wildman–Crippen MR) is 232 cm³/mol. The van der Waals surface area contributed by atoms with E-state index in [1.807, 2.05) is 30.3 Å². The molecule has 1 aliphatic carbocycles. The fraction of sp³-hybridized carbons (Fsp3) is 0.0566. The SMILES string of the molecule is CC1(C)c2cc3ccccc3cc2-c2c(-c3cccc(-c4cc(-c5cccc(-c6ccc7oc8ccccc8c7c6)c5)nc(-c5ccccc5)n4)c3)cccc21. The van der Waals surface area contributed by atoms with Gasteiger partial charge in [-0.3, -0.25) is 0 Å².